The van der Waals surface area contributed by atoms with Gasteiger partial charge in [0.1, 0.15) is 0 Å². The van der Waals surface area contributed by atoms with Crippen molar-refractivity contribution in [2.45, 2.75) is 20.8 Å². The molecule has 0 aromatic heterocycles. The first-order valence-corrected chi connectivity index (χ1v) is 4.68. The Morgan fingerprint density at radius 2 is 2.00 bits per heavy atom. The lowest BCUT2D eigenvalue weighted by molar-refractivity contribution is -0.120. The van der Waals surface area contributed by atoms with Crippen LogP contribution < -0.4 is 0 Å². The average molecular weight is 190 g/mol. The van der Waals surface area contributed by atoms with Gasteiger partial charge in [-0.25, -0.2) is 0 Å². The summed E-state index contributed by atoms with van der Waals surface area (Å²) in [7, 11) is 0. The Bertz CT molecular complexity index is 179. The zero-order chi connectivity index (χ0) is 9.35. The van der Waals surface area contributed by atoms with Crippen molar-refractivity contribution in [3.8, 4) is 0 Å². The summed E-state index contributed by atoms with van der Waals surface area (Å²) in [6, 6.07) is 0. The molecular weight excluding hydrogens is 174 g/mol. The molecule has 1 aliphatic rings. The smallest absolute Gasteiger partial charge is 0.227 e. The third-order valence-corrected chi connectivity index (χ3v) is 2.28. The van der Waals surface area contributed by atoms with Crippen molar-refractivity contribution in [1.29, 1.82) is 0 Å². The number of carbonyl (C=O) groups excluding carboxylic acids is 1. The maximum atomic E-state index is 10.7. The minimum atomic E-state index is -0.180. The molecule has 0 aromatic rings. The fourth-order valence-electron chi connectivity index (χ4n) is 1.51. The van der Waals surface area contributed by atoms with E-state index >= 15 is 0 Å². The van der Waals surface area contributed by atoms with Crippen LogP contribution in [-0.4, -0.2) is 29.8 Å². The van der Waals surface area contributed by atoms with Gasteiger partial charge in [0, 0.05) is 19.6 Å². The molecule has 1 saturated heterocycles. The molecule has 70 valence electrons. The van der Waals surface area contributed by atoms with Crippen molar-refractivity contribution in [2.24, 2.45) is 11.3 Å². The van der Waals surface area contributed by atoms with Crippen LogP contribution in [0.15, 0.2) is 0 Å². The lowest BCUT2D eigenvalue weighted by Crippen LogP contribution is -2.51. The lowest BCUT2D eigenvalue weighted by atomic mass is 9.92. The van der Waals surface area contributed by atoms with Crippen molar-refractivity contribution in [3.05, 3.63) is 0 Å². The first-order chi connectivity index (χ1) is 5.38. The van der Waals surface area contributed by atoms with Gasteiger partial charge >= 0.3 is 0 Å². The van der Waals surface area contributed by atoms with Crippen LogP contribution in [0.3, 0.4) is 0 Å². The van der Waals surface area contributed by atoms with Crippen molar-refractivity contribution >= 4 is 16.8 Å². The van der Waals surface area contributed by atoms with Gasteiger partial charge in [-0.2, -0.15) is 0 Å². The molecule has 1 rings (SSSR count). The van der Waals surface area contributed by atoms with E-state index in [9.17, 15) is 4.79 Å². The predicted molar refractivity (Wildman–Crippen MR) is 50.2 cm³/mol. The maximum Gasteiger partial charge on any atom is 0.227 e. The van der Waals surface area contributed by atoms with Crippen LogP contribution in [0.25, 0.3) is 0 Å². The molecule has 0 aromatic carbocycles. The van der Waals surface area contributed by atoms with Gasteiger partial charge < -0.3 is 4.90 Å². The highest BCUT2D eigenvalue weighted by molar-refractivity contribution is 6.64. The summed E-state index contributed by atoms with van der Waals surface area (Å²) in [6.45, 7) is 9.33. The molecule has 1 aliphatic heterocycles. The third-order valence-electron chi connectivity index (χ3n) is 1.98. The van der Waals surface area contributed by atoms with Crippen LogP contribution in [-0.2, 0) is 4.79 Å². The van der Waals surface area contributed by atoms with Crippen LogP contribution >= 0.6 is 11.6 Å². The molecule has 0 radical (unpaired) electrons. The zero-order valence-electron chi connectivity index (χ0n) is 7.93. The topological polar surface area (TPSA) is 20.3 Å². The second-order valence-electron chi connectivity index (χ2n) is 4.76. The van der Waals surface area contributed by atoms with Crippen molar-refractivity contribution in [1.82, 2.24) is 4.90 Å². The molecule has 1 heterocycles. The molecule has 0 bridgehead atoms. The number of carbonyl (C=O) groups is 1. The summed E-state index contributed by atoms with van der Waals surface area (Å²) in [6.07, 6.45) is 0. The Morgan fingerprint density at radius 1 is 1.50 bits per heavy atom. The molecule has 0 amide bonds. The van der Waals surface area contributed by atoms with Gasteiger partial charge in [-0.05, 0) is 17.0 Å². The average Bonchev–Trinajstić information content (AvgIpc) is 1.74. The van der Waals surface area contributed by atoms with Gasteiger partial charge in [-0.3, -0.25) is 4.79 Å². The highest BCUT2D eigenvalue weighted by Gasteiger charge is 2.33. The highest BCUT2D eigenvalue weighted by Crippen LogP contribution is 2.23. The number of nitrogens with zero attached hydrogens (tertiary/aromatic N) is 1. The second-order valence-corrected chi connectivity index (χ2v) is 5.13. The Morgan fingerprint density at radius 3 is 2.33 bits per heavy atom. The molecule has 12 heavy (non-hydrogen) atoms. The maximum absolute atomic E-state index is 10.7. The molecule has 2 nitrogen and oxygen atoms in total. The van der Waals surface area contributed by atoms with E-state index in [1.54, 1.807) is 0 Å². The van der Waals surface area contributed by atoms with Gasteiger partial charge in [-0.15, -0.1) is 0 Å². The Kier molecular flexibility index (Phi) is 2.79. The molecule has 0 atom stereocenters. The molecule has 0 unspecified atom stereocenters. The van der Waals surface area contributed by atoms with E-state index in [1.807, 2.05) is 0 Å². The minimum Gasteiger partial charge on any atom is -0.301 e. The van der Waals surface area contributed by atoms with E-state index in [4.69, 9.17) is 11.6 Å². The molecular formula is C9H16ClNO. The van der Waals surface area contributed by atoms with Gasteiger partial charge in [0.05, 0.1) is 5.92 Å². The first kappa shape index (κ1) is 10.0. The fraction of sp³-hybridized carbons (Fsp3) is 0.889. The Hall–Kier alpha value is -0.0800. The van der Waals surface area contributed by atoms with Crippen LogP contribution in [0, 0.1) is 11.3 Å². The number of hydrogen-bond acceptors (Lipinski definition) is 2. The summed E-state index contributed by atoms with van der Waals surface area (Å²) < 4.78 is 0. The number of hydrogen-bond donors (Lipinski definition) is 0. The van der Waals surface area contributed by atoms with Crippen LogP contribution in [0.2, 0.25) is 0 Å². The standard InChI is InChI=1S/C9H16ClNO/c1-9(2,3)6-11-4-7(5-11)8(10)12/h7H,4-6H2,1-3H3. The summed E-state index contributed by atoms with van der Waals surface area (Å²) in [5.74, 6) is 0.0917. The summed E-state index contributed by atoms with van der Waals surface area (Å²) in [4.78, 5) is 12.9. The van der Waals surface area contributed by atoms with Crippen molar-refractivity contribution in [3.63, 3.8) is 0 Å². The molecule has 3 heteroatoms. The lowest BCUT2D eigenvalue weighted by Gasteiger charge is -2.40. The van der Waals surface area contributed by atoms with E-state index in [-0.39, 0.29) is 11.2 Å². The summed E-state index contributed by atoms with van der Waals surface area (Å²) >= 11 is 5.35. The molecule has 0 saturated carbocycles. The monoisotopic (exact) mass is 189 g/mol. The SMILES string of the molecule is CC(C)(C)CN1CC(C(=O)Cl)C1. The van der Waals surface area contributed by atoms with Gasteiger partial charge in [0.15, 0.2) is 0 Å². The molecule has 0 spiro atoms. The van der Waals surface area contributed by atoms with Gasteiger partial charge in [-0.1, -0.05) is 20.8 Å². The molecule has 0 aliphatic carbocycles. The Balaban J connectivity index is 2.22. The van der Waals surface area contributed by atoms with Gasteiger partial charge in [0.25, 0.3) is 0 Å². The van der Waals surface area contributed by atoms with Crippen LogP contribution in [0.1, 0.15) is 20.8 Å². The highest BCUT2D eigenvalue weighted by atomic mass is 35.5. The van der Waals surface area contributed by atoms with E-state index in [2.05, 4.69) is 25.7 Å². The third kappa shape index (κ3) is 2.76. The van der Waals surface area contributed by atoms with E-state index in [0.29, 0.717) is 5.41 Å². The number of rotatable bonds is 2. The van der Waals surface area contributed by atoms with Crippen molar-refractivity contribution in [2.75, 3.05) is 19.6 Å². The summed E-state index contributed by atoms with van der Waals surface area (Å²) in [5.41, 5.74) is 0.320. The molecule has 0 N–H and O–H groups in total. The van der Waals surface area contributed by atoms with E-state index in [1.165, 1.54) is 0 Å². The predicted octanol–water partition coefficient (Wildman–Crippen LogP) is 1.73. The normalized spacial score (nSPS) is 20.7. The number of halogens is 1. The van der Waals surface area contributed by atoms with E-state index in [0.717, 1.165) is 19.6 Å². The van der Waals surface area contributed by atoms with Crippen molar-refractivity contribution < 1.29 is 4.79 Å². The van der Waals surface area contributed by atoms with Gasteiger partial charge in [0.2, 0.25) is 5.24 Å². The minimum absolute atomic E-state index is 0.0917. The molecule has 1 fully saturated rings. The number of likely N-dealkylation sites (tertiary alicyclic amines) is 1. The largest absolute Gasteiger partial charge is 0.301 e. The van der Waals surface area contributed by atoms with Crippen LogP contribution in [0.5, 0.6) is 0 Å². The summed E-state index contributed by atoms with van der Waals surface area (Å²) in [5, 5.41) is -0.180. The quantitative estimate of drug-likeness (QED) is 0.617. The first-order valence-electron chi connectivity index (χ1n) is 4.30. The van der Waals surface area contributed by atoms with Crippen LogP contribution in [0.4, 0.5) is 0 Å². The zero-order valence-corrected chi connectivity index (χ0v) is 8.69. The fourth-order valence-corrected chi connectivity index (χ4v) is 1.65. The second kappa shape index (κ2) is 3.35. The van der Waals surface area contributed by atoms with E-state index < -0.39 is 0 Å². The Labute approximate surface area is 78.9 Å².